The van der Waals surface area contributed by atoms with Gasteiger partial charge in [-0.1, -0.05) is 6.92 Å². The summed E-state index contributed by atoms with van der Waals surface area (Å²) in [7, 11) is 2.00. The Morgan fingerprint density at radius 1 is 1.65 bits per heavy atom. The Balaban J connectivity index is 2.74. The van der Waals surface area contributed by atoms with Crippen LogP contribution in [0.2, 0.25) is 0 Å². The molecule has 1 aromatic rings. The van der Waals surface area contributed by atoms with Gasteiger partial charge in [-0.15, -0.1) is 0 Å². The fourth-order valence-corrected chi connectivity index (χ4v) is 1.74. The molecule has 1 aromatic heterocycles. The van der Waals surface area contributed by atoms with Crippen molar-refractivity contribution < 1.29 is 4.92 Å². The summed E-state index contributed by atoms with van der Waals surface area (Å²) >= 11 is 0. The van der Waals surface area contributed by atoms with Gasteiger partial charge in [0.05, 0.1) is 4.92 Å². The van der Waals surface area contributed by atoms with Crippen molar-refractivity contribution in [2.75, 3.05) is 25.5 Å². The minimum atomic E-state index is -0.577. The van der Waals surface area contributed by atoms with Gasteiger partial charge in [-0.2, -0.15) is 5.26 Å². The van der Waals surface area contributed by atoms with Crippen molar-refractivity contribution in [3.63, 3.8) is 0 Å². The van der Waals surface area contributed by atoms with E-state index >= 15 is 0 Å². The van der Waals surface area contributed by atoms with Crippen molar-refractivity contribution in [2.24, 2.45) is 0 Å². The van der Waals surface area contributed by atoms with E-state index in [4.69, 9.17) is 5.26 Å². The van der Waals surface area contributed by atoms with Gasteiger partial charge in [-0.25, -0.2) is 4.98 Å². The molecular weight excluding hydrogens is 258 g/mol. The molecule has 0 amide bonds. The van der Waals surface area contributed by atoms with E-state index in [1.54, 1.807) is 0 Å². The second kappa shape index (κ2) is 7.40. The molecule has 1 unspecified atom stereocenters. The lowest BCUT2D eigenvalue weighted by atomic mass is 10.2. The van der Waals surface area contributed by atoms with Crippen molar-refractivity contribution in [2.45, 2.75) is 26.3 Å². The first-order chi connectivity index (χ1) is 9.51. The Morgan fingerprint density at radius 3 is 2.90 bits per heavy atom. The molecular formula is C13H19N5O2. The standard InChI is InChI=1S/C13H19N5O2/c1-4-10(2)17(3)8-7-16-13-12(18(19)20)11(9-14)5-6-15-13/h5-6,10H,4,7-8H2,1-3H3,(H,15,16). The molecule has 0 saturated heterocycles. The number of nitro groups is 1. The third-order valence-corrected chi connectivity index (χ3v) is 3.33. The summed E-state index contributed by atoms with van der Waals surface area (Å²) in [5.41, 5.74) is -0.246. The van der Waals surface area contributed by atoms with Crippen LogP contribution in [0.3, 0.4) is 0 Å². The molecule has 0 aliphatic rings. The molecule has 0 aliphatic heterocycles. The van der Waals surface area contributed by atoms with Gasteiger partial charge >= 0.3 is 5.69 Å². The van der Waals surface area contributed by atoms with Crippen molar-refractivity contribution in [3.8, 4) is 6.07 Å². The molecule has 0 fully saturated rings. The summed E-state index contributed by atoms with van der Waals surface area (Å²) in [6.45, 7) is 5.50. The summed E-state index contributed by atoms with van der Waals surface area (Å²) in [6, 6.07) is 3.60. The van der Waals surface area contributed by atoms with Gasteiger partial charge in [-0.05, 0) is 26.5 Å². The molecule has 1 N–H and O–H groups in total. The quantitative estimate of drug-likeness (QED) is 0.605. The van der Waals surface area contributed by atoms with E-state index in [1.165, 1.54) is 12.3 Å². The molecule has 0 spiro atoms. The lowest BCUT2D eigenvalue weighted by Gasteiger charge is -2.23. The molecule has 0 radical (unpaired) electrons. The molecule has 7 nitrogen and oxygen atoms in total. The minimum absolute atomic E-state index is 0.0165. The number of anilines is 1. The maximum Gasteiger partial charge on any atom is 0.328 e. The number of pyridine rings is 1. The molecule has 0 saturated carbocycles. The Kier molecular flexibility index (Phi) is 5.87. The topological polar surface area (TPSA) is 95.1 Å². The predicted molar refractivity (Wildman–Crippen MR) is 76.5 cm³/mol. The number of hydrogen-bond acceptors (Lipinski definition) is 6. The zero-order valence-electron chi connectivity index (χ0n) is 12.0. The third kappa shape index (κ3) is 3.90. The van der Waals surface area contributed by atoms with Crippen LogP contribution in [-0.2, 0) is 0 Å². The number of nitrogens with one attached hydrogen (secondary N) is 1. The van der Waals surface area contributed by atoms with Gasteiger partial charge in [0.1, 0.15) is 11.6 Å². The fraction of sp³-hybridized carbons (Fsp3) is 0.538. The van der Waals surface area contributed by atoms with Crippen molar-refractivity contribution in [3.05, 3.63) is 27.9 Å². The monoisotopic (exact) mass is 277 g/mol. The molecule has 1 atom stereocenters. The van der Waals surface area contributed by atoms with Gasteiger partial charge < -0.3 is 10.2 Å². The van der Waals surface area contributed by atoms with E-state index in [9.17, 15) is 10.1 Å². The number of nitriles is 1. The molecule has 1 heterocycles. The average Bonchev–Trinajstić information content (AvgIpc) is 2.45. The van der Waals surface area contributed by atoms with Gasteiger partial charge in [-0.3, -0.25) is 10.1 Å². The lowest BCUT2D eigenvalue weighted by Crippen LogP contribution is -2.32. The van der Waals surface area contributed by atoms with E-state index in [2.05, 4.69) is 29.0 Å². The second-order valence-electron chi connectivity index (χ2n) is 4.59. The second-order valence-corrected chi connectivity index (χ2v) is 4.59. The van der Waals surface area contributed by atoms with Crippen LogP contribution in [0.5, 0.6) is 0 Å². The largest absolute Gasteiger partial charge is 0.363 e. The highest BCUT2D eigenvalue weighted by Crippen LogP contribution is 2.25. The van der Waals surface area contributed by atoms with Crippen LogP contribution < -0.4 is 5.32 Å². The molecule has 1 rings (SSSR count). The highest BCUT2D eigenvalue weighted by Gasteiger charge is 2.20. The van der Waals surface area contributed by atoms with Crippen LogP contribution in [0.15, 0.2) is 12.3 Å². The zero-order chi connectivity index (χ0) is 15.1. The molecule has 108 valence electrons. The van der Waals surface area contributed by atoms with Crippen LogP contribution in [0, 0.1) is 21.4 Å². The van der Waals surface area contributed by atoms with Crippen LogP contribution in [0.1, 0.15) is 25.8 Å². The SMILES string of the molecule is CCC(C)N(C)CCNc1nccc(C#N)c1[N+](=O)[O-]. The molecule has 20 heavy (non-hydrogen) atoms. The number of likely N-dealkylation sites (N-methyl/N-ethyl adjacent to an activating group) is 1. The maximum absolute atomic E-state index is 11.0. The first-order valence-corrected chi connectivity index (χ1v) is 6.48. The maximum atomic E-state index is 11.0. The summed E-state index contributed by atoms with van der Waals surface area (Å²) < 4.78 is 0. The molecule has 0 bridgehead atoms. The number of nitrogens with zero attached hydrogens (tertiary/aromatic N) is 4. The van der Waals surface area contributed by atoms with Crippen LogP contribution in [-0.4, -0.2) is 41.0 Å². The van der Waals surface area contributed by atoms with Crippen LogP contribution >= 0.6 is 0 Å². The van der Waals surface area contributed by atoms with Gasteiger partial charge in [0.15, 0.2) is 0 Å². The van der Waals surface area contributed by atoms with E-state index in [0.29, 0.717) is 12.6 Å². The Morgan fingerprint density at radius 2 is 2.35 bits per heavy atom. The average molecular weight is 277 g/mol. The lowest BCUT2D eigenvalue weighted by molar-refractivity contribution is -0.384. The Bertz CT molecular complexity index is 512. The van der Waals surface area contributed by atoms with E-state index in [-0.39, 0.29) is 17.1 Å². The van der Waals surface area contributed by atoms with Crippen LogP contribution in [0.4, 0.5) is 11.5 Å². The fourth-order valence-electron chi connectivity index (χ4n) is 1.74. The zero-order valence-corrected chi connectivity index (χ0v) is 12.0. The van der Waals surface area contributed by atoms with E-state index in [0.717, 1.165) is 13.0 Å². The summed E-state index contributed by atoms with van der Waals surface area (Å²) in [4.78, 5) is 16.5. The van der Waals surface area contributed by atoms with Crippen molar-refractivity contribution >= 4 is 11.5 Å². The first-order valence-electron chi connectivity index (χ1n) is 6.48. The van der Waals surface area contributed by atoms with E-state index in [1.807, 2.05) is 13.1 Å². The number of rotatable bonds is 7. The van der Waals surface area contributed by atoms with E-state index < -0.39 is 4.92 Å². The van der Waals surface area contributed by atoms with Crippen molar-refractivity contribution in [1.82, 2.24) is 9.88 Å². The molecule has 0 aliphatic carbocycles. The number of hydrogen-bond donors (Lipinski definition) is 1. The highest BCUT2D eigenvalue weighted by atomic mass is 16.6. The van der Waals surface area contributed by atoms with Crippen LogP contribution in [0.25, 0.3) is 0 Å². The number of aromatic nitrogens is 1. The third-order valence-electron chi connectivity index (χ3n) is 3.33. The first kappa shape index (κ1) is 15.9. The summed E-state index contributed by atoms with van der Waals surface area (Å²) in [5.74, 6) is 0.145. The summed E-state index contributed by atoms with van der Waals surface area (Å²) in [6.07, 6.45) is 2.44. The predicted octanol–water partition coefficient (Wildman–Crippen LogP) is 2.00. The Hall–Kier alpha value is -2.20. The molecule has 7 heteroatoms. The Labute approximate surface area is 118 Å². The minimum Gasteiger partial charge on any atom is -0.363 e. The smallest absolute Gasteiger partial charge is 0.328 e. The van der Waals surface area contributed by atoms with Gasteiger partial charge in [0.2, 0.25) is 5.82 Å². The van der Waals surface area contributed by atoms with Gasteiger partial charge in [0, 0.05) is 25.3 Å². The van der Waals surface area contributed by atoms with Gasteiger partial charge in [0.25, 0.3) is 0 Å². The molecule has 0 aromatic carbocycles. The highest BCUT2D eigenvalue weighted by molar-refractivity contribution is 5.63. The normalized spacial score (nSPS) is 11.9. The van der Waals surface area contributed by atoms with Crippen molar-refractivity contribution in [1.29, 1.82) is 5.26 Å². The summed E-state index contributed by atoms with van der Waals surface area (Å²) in [5, 5.41) is 22.8.